The van der Waals surface area contributed by atoms with Crippen LogP contribution in [0.2, 0.25) is 0 Å². The molecule has 1 fully saturated rings. The second-order valence-electron chi connectivity index (χ2n) is 5.55. The largest absolute Gasteiger partial charge is 0.391 e. The maximum Gasteiger partial charge on any atom is 0.132 e. The van der Waals surface area contributed by atoms with Crippen molar-refractivity contribution in [3.8, 4) is 0 Å². The van der Waals surface area contributed by atoms with Gasteiger partial charge in [-0.3, -0.25) is 4.68 Å². The molecule has 1 aliphatic heterocycles. The first-order valence-electron chi connectivity index (χ1n) is 6.95. The van der Waals surface area contributed by atoms with Crippen molar-refractivity contribution < 1.29 is 5.11 Å². The van der Waals surface area contributed by atoms with Crippen LogP contribution in [0.4, 0.5) is 5.82 Å². The summed E-state index contributed by atoms with van der Waals surface area (Å²) in [7, 11) is 1.97. The van der Waals surface area contributed by atoms with Gasteiger partial charge in [-0.2, -0.15) is 5.10 Å². The van der Waals surface area contributed by atoms with Crippen LogP contribution in [0.25, 0.3) is 0 Å². The van der Waals surface area contributed by atoms with Gasteiger partial charge in [0.1, 0.15) is 5.82 Å². The third kappa shape index (κ3) is 2.03. The van der Waals surface area contributed by atoms with Gasteiger partial charge in [0.25, 0.3) is 0 Å². The minimum Gasteiger partial charge on any atom is -0.391 e. The molecule has 1 N–H and O–H groups in total. The zero-order chi connectivity index (χ0) is 13.3. The minimum absolute atomic E-state index is 0.0801. The predicted molar refractivity (Wildman–Crippen MR) is 73.7 cm³/mol. The Balaban J connectivity index is 2.29. The van der Waals surface area contributed by atoms with Crippen molar-refractivity contribution in [2.24, 2.45) is 12.5 Å². The summed E-state index contributed by atoms with van der Waals surface area (Å²) >= 11 is 0. The third-order valence-electron chi connectivity index (χ3n) is 4.71. The fraction of sp³-hybridized carbons (Fsp3) is 0.786. The summed E-state index contributed by atoms with van der Waals surface area (Å²) in [6, 6.07) is 0. The van der Waals surface area contributed by atoms with Gasteiger partial charge >= 0.3 is 0 Å². The fourth-order valence-electron chi connectivity index (χ4n) is 3.21. The lowest BCUT2D eigenvalue weighted by atomic mass is 9.82. The molecule has 4 heteroatoms. The fourth-order valence-corrected chi connectivity index (χ4v) is 3.21. The lowest BCUT2D eigenvalue weighted by Crippen LogP contribution is -2.28. The smallest absolute Gasteiger partial charge is 0.132 e. The molecule has 0 unspecified atom stereocenters. The van der Waals surface area contributed by atoms with Gasteiger partial charge in [-0.05, 0) is 31.6 Å². The summed E-state index contributed by atoms with van der Waals surface area (Å²) in [5.74, 6) is 1.11. The van der Waals surface area contributed by atoms with Crippen LogP contribution in [0.1, 0.15) is 44.4 Å². The molecule has 0 bridgehead atoms. The second kappa shape index (κ2) is 4.92. The van der Waals surface area contributed by atoms with Gasteiger partial charge in [0.05, 0.1) is 12.3 Å². The monoisotopic (exact) mass is 251 g/mol. The number of nitrogens with zero attached hydrogens (tertiary/aromatic N) is 3. The molecule has 0 aliphatic carbocycles. The summed E-state index contributed by atoms with van der Waals surface area (Å²) in [5.41, 5.74) is 2.38. The number of hydrogen-bond donors (Lipinski definition) is 1. The normalized spacial score (nSPS) is 18.6. The maximum absolute atomic E-state index is 9.54. The Labute approximate surface area is 110 Å². The lowest BCUT2D eigenvalue weighted by Gasteiger charge is -2.27. The number of aliphatic hydroxyl groups excluding tert-OH is 1. The molecule has 0 radical (unpaired) electrons. The maximum atomic E-state index is 9.54. The molecule has 2 rings (SSSR count). The molecule has 1 aliphatic rings. The average molecular weight is 251 g/mol. The molecule has 0 amide bonds. The summed E-state index contributed by atoms with van der Waals surface area (Å²) in [6.45, 7) is 8.79. The van der Waals surface area contributed by atoms with Crippen molar-refractivity contribution in [3.05, 3.63) is 11.3 Å². The first-order chi connectivity index (χ1) is 8.56. The molecule has 1 saturated heterocycles. The highest BCUT2D eigenvalue weighted by atomic mass is 16.3. The van der Waals surface area contributed by atoms with Crippen molar-refractivity contribution in [1.29, 1.82) is 0 Å². The molecule has 1 aromatic rings. The summed E-state index contributed by atoms with van der Waals surface area (Å²) in [5, 5.41) is 14.0. The van der Waals surface area contributed by atoms with Crippen LogP contribution in [0.15, 0.2) is 0 Å². The highest BCUT2D eigenvalue weighted by molar-refractivity contribution is 5.51. The van der Waals surface area contributed by atoms with Gasteiger partial charge in [-0.25, -0.2) is 0 Å². The number of hydrogen-bond acceptors (Lipinski definition) is 3. The number of aliphatic hydroxyl groups is 1. The summed E-state index contributed by atoms with van der Waals surface area (Å²) in [4.78, 5) is 2.40. The predicted octanol–water partition coefficient (Wildman–Crippen LogP) is 2.24. The number of aromatic nitrogens is 2. The second-order valence-corrected chi connectivity index (χ2v) is 5.55. The standard InChI is InChI=1S/C14H25N3O/c1-5-14(6-2)7-8-17(10-14)13-12(9-18)11(3)15-16(13)4/h18H,5-10H2,1-4H3. The zero-order valence-electron chi connectivity index (χ0n) is 12.0. The van der Waals surface area contributed by atoms with Crippen LogP contribution in [0, 0.1) is 12.3 Å². The van der Waals surface area contributed by atoms with Crippen molar-refractivity contribution in [2.45, 2.75) is 46.6 Å². The Morgan fingerprint density at radius 1 is 1.33 bits per heavy atom. The molecule has 102 valence electrons. The van der Waals surface area contributed by atoms with E-state index in [4.69, 9.17) is 0 Å². The van der Waals surface area contributed by atoms with E-state index in [1.165, 1.54) is 19.3 Å². The molecule has 4 nitrogen and oxygen atoms in total. The highest BCUT2D eigenvalue weighted by Crippen LogP contribution is 2.40. The van der Waals surface area contributed by atoms with Crippen molar-refractivity contribution in [3.63, 3.8) is 0 Å². The van der Waals surface area contributed by atoms with Crippen molar-refractivity contribution in [1.82, 2.24) is 9.78 Å². The minimum atomic E-state index is 0.0801. The molecule has 1 aromatic heterocycles. The quantitative estimate of drug-likeness (QED) is 0.892. The van der Waals surface area contributed by atoms with Crippen molar-refractivity contribution >= 4 is 5.82 Å². The molecule has 0 spiro atoms. The van der Waals surface area contributed by atoms with Crippen LogP contribution in [0.3, 0.4) is 0 Å². The number of anilines is 1. The molecule has 0 aromatic carbocycles. The average Bonchev–Trinajstić information content (AvgIpc) is 2.90. The van der Waals surface area contributed by atoms with Gasteiger partial charge in [0.15, 0.2) is 0 Å². The van der Waals surface area contributed by atoms with Crippen molar-refractivity contribution in [2.75, 3.05) is 18.0 Å². The molecule has 0 atom stereocenters. The molecular weight excluding hydrogens is 226 g/mol. The topological polar surface area (TPSA) is 41.3 Å². The molecule has 18 heavy (non-hydrogen) atoms. The Kier molecular flexibility index (Phi) is 3.66. The van der Waals surface area contributed by atoms with Crippen LogP contribution >= 0.6 is 0 Å². The number of aryl methyl sites for hydroxylation is 2. The Morgan fingerprint density at radius 3 is 2.50 bits per heavy atom. The van der Waals surface area contributed by atoms with Gasteiger partial charge in [-0.15, -0.1) is 0 Å². The van der Waals surface area contributed by atoms with Gasteiger partial charge < -0.3 is 10.0 Å². The van der Waals surface area contributed by atoms with E-state index >= 15 is 0 Å². The molecular formula is C14H25N3O. The summed E-state index contributed by atoms with van der Waals surface area (Å²) in [6.07, 6.45) is 3.70. The van der Waals surface area contributed by atoms with E-state index in [1.807, 2.05) is 18.7 Å². The van der Waals surface area contributed by atoms with Crippen LogP contribution in [-0.2, 0) is 13.7 Å². The first-order valence-corrected chi connectivity index (χ1v) is 6.95. The molecule has 0 saturated carbocycles. The van der Waals surface area contributed by atoms with E-state index < -0.39 is 0 Å². The Hall–Kier alpha value is -1.03. The Morgan fingerprint density at radius 2 is 2.00 bits per heavy atom. The van der Waals surface area contributed by atoms with Crippen LogP contribution in [-0.4, -0.2) is 28.0 Å². The van der Waals surface area contributed by atoms with E-state index in [-0.39, 0.29) is 6.61 Å². The Bertz CT molecular complexity index is 421. The SMILES string of the molecule is CCC1(CC)CCN(c2c(CO)c(C)nn2C)C1. The third-order valence-corrected chi connectivity index (χ3v) is 4.71. The van der Waals surface area contributed by atoms with Crippen LogP contribution < -0.4 is 4.90 Å². The summed E-state index contributed by atoms with van der Waals surface area (Å²) < 4.78 is 1.92. The van der Waals surface area contributed by atoms with Gasteiger partial charge in [0, 0.05) is 25.7 Å². The first kappa shape index (κ1) is 13.4. The van der Waals surface area contributed by atoms with Gasteiger partial charge in [0.2, 0.25) is 0 Å². The van der Waals surface area contributed by atoms with E-state index in [2.05, 4.69) is 23.8 Å². The molecule has 2 heterocycles. The van der Waals surface area contributed by atoms with Crippen LogP contribution in [0.5, 0.6) is 0 Å². The number of rotatable bonds is 4. The van der Waals surface area contributed by atoms with E-state index in [0.29, 0.717) is 5.41 Å². The highest BCUT2D eigenvalue weighted by Gasteiger charge is 2.36. The van der Waals surface area contributed by atoms with E-state index in [9.17, 15) is 5.11 Å². The van der Waals surface area contributed by atoms with Gasteiger partial charge in [-0.1, -0.05) is 13.8 Å². The van der Waals surface area contributed by atoms with E-state index in [1.54, 1.807) is 0 Å². The lowest BCUT2D eigenvalue weighted by molar-refractivity contribution is 0.280. The van der Waals surface area contributed by atoms with E-state index in [0.717, 1.165) is 30.2 Å². The zero-order valence-corrected chi connectivity index (χ0v) is 12.0.